The molecule has 2 N–H and O–H groups in total. The number of aliphatic carboxylic acids is 1. The maximum atomic E-state index is 10.7. The Labute approximate surface area is 122 Å². The van der Waals surface area contributed by atoms with Gasteiger partial charge in [-0.25, -0.2) is 0 Å². The smallest absolute Gasteiger partial charge is 0.306 e. The number of benzene rings is 1. The maximum absolute atomic E-state index is 10.7. The molecule has 0 aliphatic carbocycles. The van der Waals surface area contributed by atoms with E-state index in [0.29, 0.717) is 5.56 Å². The normalized spacial score (nSPS) is 13.8. The van der Waals surface area contributed by atoms with Gasteiger partial charge in [0.15, 0.2) is 0 Å². The molecule has 1 aromatic carbocycles. The van der Waals surface area contributed by atoms with Gasteiger partial charge in [0.1, 0.15) is 4.99 Å². The van der Waals surface area contributed by atoms with Crippen LogP contribution < -0.4 is 0 Å². The first kappa shape index (κ1) is 19.0. The highest BCUT2D eigenvalue weighted by atomic mass is 32.2. The van der Waals surface area contributed by atoms with Gasteiger partial charge in [-0.1, -0.05) is 50.6 Å². The highest BCUT2D eigenvalue weighted by molar-refractivity contribution is 7.90. The van der Waals surface area contributed by atoms with Gasteiger partial charge in [0, 0.05) is 0 Å². The van der Waals surface area contributed by atoms with E-state index < -0.39 is 21.1 Å². The predicted octanol–water partition coefficient (Wildman–Crippen LogP) is 2.96. The van der Waals surface area contributed by atoms with Crippen molar-refractivity contribution < 1.29 is 22.9 Å². The Bertz CT molecular complexity index is 501. The van der Waals surface area contributed by atoms with Crippen LogP contribution in [0.25, 0.3) is 0 Å². The van der Waals surface area contributed by atoms with E-state index in [1.54, 1.807) is 37.3 Å². The molecular weight excluding hydrogens is 299 g/mol. The zero-order valence-corrected chi connectivity index (χ0v) is 13.5. The van der Waals surface area contributed by atoms with Gasteiger partial charge in [-0.2, -0.15) is 8.42 Å². The molecule has 3 unspecified atom stereocenters. The summed E-state index contributed by atoms with van der Waals surface area (Å²) in [4.78, 5) is 9.16. The summed E-state index contributed by atoms with van der Waals surface area (Å²) in [6, 6.07) is 8.51. The van der Waals surface area contributed by atoms with E-state index in [-0.39, 0.29) is 5.92 Å². The quantitative estimate of drug-likeness (QED) is 0.643. The Balaban J connectivity index is 0.000000396. The number of hydrogen-bond acceptors (Lipinski definition) is 3. The number of carboxylic acids is 1. The second-order valence-corrected chi connectivity index (χ2v) is 7.06. The Kier molecular flexibility index (Phi) is 8.62. The summed E-state index contributed by atoms with van der Waals surface area (Å²) in [5, 5.41) is 8.31. The molecule has 5 nitrogen and oxygen atoms in total. The third kappa shape index (κ3) is 7.58. The molecule has 0 heterocycles. The number of rotatable bonds is 5. The Hall–Kier alpha value is -0.970. The molecule has 20 heavy (non-hydrogen) atoms. The molecule has 7 heteroatoms. The minimum Gasteiger partial charge on any atom is -0.481 e. The largest absolute Gasteiger partial charge is 0.481 e. The average molecular weight is 320 g/mol. The summed E-state index contributed by atoms with van der Waals surface area (Å²) >= 11 is 0. The lowest BCUT2D eigenvalue weighted by atomic mass is 10.1. The van der Waals surface area contributed by atoms with Gasteiger partial charge in [-0.05, 0) is 12.0 Å². The lowest BCUT2D eigenvalue weighted by Crippen LogP contribution is -2.08. The lowest BCUT2D eigenvalue weighted by Gasteiger charge is -2.06. The number of hydrogen-bond donors (Lipinski definition) is 2. The average Bonchev–Trinajstić information content (AvgIpc) is 2.38. The molecule has 3 atom stereocenters. The molecule has 1 aromatic rings. The molecular formula is C13H21O5PS. The van der Waals surface area contributed by atoms with Crippen molar-refractivity contribution in [3.63, 3.8) is 0 Å². The van der Waals surface area contributed by atoms with E-state index in [9.17, 15) is 13.2 Å². The van der Waals surface area contributed by atoms with Crippen LogP contribution in [0.1, 0.15) is 37.2 Å². The van der Waals surface area contributed by atoms with E-state index in [2.05, 4.69) is 9.24 Å². The first-order valence-corrected chi connectivity index (χ1v) is 8.36. The van der Waals surface area contributed by atoms with Crippen molar-refractivity contribution in [1.29, 1.82) is 0 Å². The minimum atomic E-state index is -3.99. The lowest BCUT2D eigenvalue weighted by molar-refractivity contribution is -0.141. The van der Waals surface area contributed by atoms with Crippen LogP contribution in [0.15, 0.2) is 30.3 Å². The molecule has 0 aromatic heterocycles. The molecule has 0 saturated heterocycles. The van der Waals surface area contributed by atoms with E-state index in [1.807, 2.05) is 6.92 Å². The molecule has 0 saturated carbocycles. The van der Waals surface area contributed by atoms with Gasteiger partial charge >= 0.3 is 5.97 Å². The fraction of sp³-hybridized carbons (Fsp3) is 0.462. The number of carbonyl (C=O) groups is 1. The van der Waals surface area contributed by atoms with Crippen LogP contribution in [0.3, 0.4) is 0 Å². The van der Waals surface area contributed by atoms with Crippen LogP contribution in [0, 0.1) is 5.92 Å². The highest BCUT2D eigenvalue weighted by Crippen LogP contribution is 2.27. The summed E-state index contributed by atoms with van der Waals surface area (Å²) in [5.74, 6) is -0.855. The van der Waals surface area contributed by atoms with Gasteiger partial charge in [0.25, 0.3) is 10.1 Å². The van der Waals surface area contributed by atoms with Gasteiger partial charge in [0.05, 0.1) is 5.92 Å². The fourth-order valence-electron chi connectivity index (χ4n) is 1.37. The first-order chi connectivity index (χ1) is 9.20. The van der Waals surface area contributed by atoms with Crippen molar-refractivity contribution in [2.24, 2.45) is 5.92 Å². The monoisotopic (exact) mass is 320 g/mol. The van der Waals surface area contributed by atoms with Crippen LogP contribution in [-0.2, 0) is 14.9 Å². The maximum Gasteiger partial charge on any atom is 0.306 e. The van der Waals surface area contributed by atoms with Crippen LogP contribution in [-0.4, -0.2) is 24.0 Å². The molecule has 0 bridgehead atoms. The Morgan fingerprint density at radius 2 is 1.80 bits per heavy atom. The number of carboxylic acid groups (broad SMARTS) is 1. The van der Waals surface area contributed by atoms with E-state index in [4.69, 9.17) is 9.66 Å². The topological polar surface area (TPSA) is 91.7 Å². The molecule has 0 radical (unpaired) electrons. The summed E-state index contributed by atoms with van der Waals surface area (Å²) in [7, 11) is -1.91. The third-order valence-electron chi connectivity index (χ3n) is 2.59. The molecule has 0 aliphatic heterocycles. The highest BCUT2D eigenvalue weighted by Gasteiger charge is 2.18. The zero-order valence-electron chi connectivity index (χ0n) is 11.6. The van der Waals surface area contributed by atoms with Gasteiger partial charge in [0.2, 0.25) is 0 Å². The van der Waals surface area contributed by atoms with E-state index >= 15 is 0 Å². The fourth-order valence-corrected chi connectivity index (χ4v) is 2.09. The molecule has 1 rings (SSSR count). The minimum absolute atomic E-state index is 0.167. The molecule has 114 valence electrons. The van der Waals surface area contributed by atoms with Gasteiger partial charge in [-0.15, -0.1) is 9.24 Å². The van der Waals surface area contributed by atoms with Crippen molar-refractivity contribution in [2.75, 3.05) is 0 Å². The second-order valence-electron chi connectivity index (χ2n) is 4.37. The third-order valence-corrected chi connectivity index (χ3v) is 4.92. The van der Waals surface area contributed by atoms with Gasteiger partial charge in [-0.3, -0.25) is 9.35 Å². The summed E-state index contributed by atoms with van der Waals surface area (Å²) in [6.07, 6.45) is 1.74. The first-order valence-electron chi connectivity index (χ1n) is 6.19. The molecule has 0 amide bonds. The molecule has 0 aliphatic rings. The second kappa shape index (κ2) is 9.06. The van der Waals surface area contributed by atoms with Crippen molar-refractivity contribution in [3.05, 3.63) is 35.9 Å². The van der Waals surface area contributed by atoms with Crippen LogP contribution in [0.2, 0.25) is 0 Å². The van der Waals surface area contributed by atoms with Crippen molar-refractivity contribution in [1.82, 2.24) is 0 Å². The van der Waals surface area contributed by atoms with Crippen molar-refractivity contribution >= 4 is 25.3 Å². The van der Waals surface area contributed by atoms with Gasteiger partial charge < -0.3 is 5.11 Å². The molecule has 0 spiro atoms. The SMILES string of the molecule is CCCC(C)C(=O)O.O=S(=O)(O)C(P)c1ccccc1. The van der Waals surface area contributed by atoms with Crippen LogP contribution in [0.4, 0.5) is 0 Å². The summed E-state index contributed by atoms with van der Waals surface area (Å²) in [5.41, 5.74) is 0.560. The van der Waals surface area contributed by atoms with Crippen molar-refractivity contribution in [3.8, 4) is 0 Å². The molecule has 0 fully saturated rings. The summed E-state index contributed by atoms with van der Waals surface area (Å²) in [6.45, 7) is 3.71. The zero-order chi connectivity index (χ0) is 15.8. The van der Waals surface area contributed by atoms with E-state index in [0.717, 1.165) is 12.8 Å². The van der Waals surface area contributed by atoms with E-state index in [1.165, 1.54) is 0 Å². The van der Waals surface area contributed by atoms with Crippen LogP contribution >= 0.6 is 9.24 Å². The van der Waals surface area contributed by atoms with Crippen LogP contribution in [0.5, 0.6) is 0 Å². The standard InChI is InChI=1S/C7H9O3PS.C6H12O2/c8-12(9,10)7(11)6-4-2-1-3-5-6;1-3-4-5(2)6(7)8/h1-5,7H,11H2,(H,8,9,10);5H,3-4H2,1-2H3,(H,7,8). The Morgan fingerprint density at radius 3 is 2.10 bits per heavy atom. The summed E-state index contributed by atoms with van der Waals surface area (Å²) < 4.78 is 30.0. The predicted molar refractivity (Wildman–Crippen MR) is 82.1 cm³/mol. The van der Waals surface area contributed by atoms with Crippen molar-refractivity contribution in [2.45, 2.75) is 31.7 Å². The Morgan fingerprint density at radius 1 is 1.30 bits per heavy atom.